The summed E-state index contributed by atoms with van der Waals surface area (Å²) in [5, 5.41) is 48.5. The van der Waals surface area contributed by atoms with Crippen LogP contribution >= 0.6 is 23.4 Å². The van der Waals surface area contributed by atoms with Crippen LogP contribution in [-0.2, 0) is 4.74 Å². The Morgan fingerprint density at radius 1 is 1.15 bits per heavy atom. The lowest BCUT2D eigenvalue weighted by molar-refractivity contribution is -0.178. The second-order valence-corrected chi connectivity index (χ2v) is 8.86. The van der Waals surface area contributed by atoms with Crippen LogP contribution < -0.4 is 0 Å². The number of halogens is 3. The smallest absolute Gasteiger partial charge is 0.159 e. The molecule has 8 nitrogen and oxygen atoms in total. The number of hydrogen-bond acceptors (Lipinski definition) is 8. The molecule has 2 aromatic carbocycles. The van der Waals surface area contributed by atoms with Crippen molar-refractivity contribution in [3.63, 3.8) is 0 Å². The van der Waals surface area contributed by atoms with Gasteiger partial charge in [0.25, 0.3) is 0 Å². The zero-order valence-corrected chi connectivity index (χ0v) is 18.3. The number of aliphatic hydroxyl groups is 3. The van der Waals surface area contributed by atoms with Crippen molar-refractivity contribution in [1.82, 2.24) is 15.0 Å². The van der Waals surface area contributed by atoms with Gasteiger partial charge in [0.2, 0.25) is 0 Å². The summed E-state index contributed by atoms with van der Waals surface area (Å²) < 4.78 is 33.7. The molecule has 1 fully saturated rings. The van der Waals surface area contributed by atoms with Crippen molar-refractivity contribution >= 4 is 23.4 Å². The zero-order chi connectivity index (χ0) is 23.7. The molecule has 0 aliphatic carbocycles. The Labute approximate surface area is 196 Å². The highest BCUT2D eigenvalue weighted by Gasteiger charge is 2.46. The van der Waals surface area contributed by atoms with E-state index < -0.39 is 48.0 Å². The molecule has 0 spiro atoms. The largest absolute Gasteiger partial charge is 0.394 e. The van der Waals surface area contributed by atoms with E-state index in [1.807, 2.05) is 6.07 Å². The lowest BCUT2D eigenvalue weighted by atomic mass is 9.97. The van der Waals surface area contributed by atoms with Gasteiger partial charge in [-0.05, 0) is 36.4 Å². The Morgan fingerprint density at radius 3 is 2.61 bits per heavy atom. The standard InChI is InChI=1S/C21H17ClF2N4O4S/c22-13-6-12(3-1-11(13)7-25)33-21-20(31)18(19(30)17(9-29)32-21)28-8-16(26-27-28)10-2-4-14(23)15(24)5-10/h1-6,8,17-21,29-31H,9H2/t17?,18?,19-,20-,21+/m0/s1. The summed E-state index contributed by atoms with van der Waals surface area (Å²) in [5.41, 5.74) is -0.188. The van der Waals surface area contributed by atoms with Crippen molar-refractivity contribution in [1.29, 1.82) is 5.26 Å². The molecular formula is C21H17ClF2N4O4S. The maximum Gasteiger partial charge on any atom is 0.159 e. The number of rotatable bonds is 5. The van der Waals surface area contributed by atoms with E-state index in [1.54, 1.807) is 12.1 Å². The van der Waals surface area contributed by atoms with E-state index in [9.17, 15) is 24.1 Å². The molecule has 2 unspecified atom stereocenters. The summed E-state index contributed by atoms with van der Waals surface area (Å²) in [6, 6.07) is 8.85. The van der Waals surface area contributed by atoms with E-state index in [0.717, 1.165) is 23.9 Å². The first kappa shape index (κ1) is 23.6. The first-order valence-electron chi connectivity index (χ1n) is 9.68. The van der Waals surface area contributed by atoms with Gasteiger partial charge in [0.1, 0.15) is 41.6 Å². The topological polar surface area (TPSA) is 124 Å². The molecule has 0 bridgehead atoms. The van der Waals surface area contributed by atoms with Crippen LogP contribution in [0.4, 0.5) is 8.78 Å². The number of aliphatic hydroxyl groups excluding tert-OH is 3. The van der Waals surface area contributed by atoms with Crippen LogP contribution in [0.15, 0.2) is 47.5 Å². The van der Waals surface area contributed by atoms with Gasteiger partial charge in [0.05, 0.1) is 23.4 Å². The average molecular weight is 495 g/mol. The number of hydrogen-bond donors (Lipinski definition) is 3. The minimum absolute atomic E-state index is 0.198. The van der Waals surface area contributed by atoms with E-state index in [1.165, 1.54) is 23.0 Å². The van der Waals surface area contributed by atoms with Gasteiger partial charge in [-0.1, -0.05) is 28.6 Å². The quantitative estimate of drug-likeness (QED) is 0.494. The van der Waals surface area contributed by atoms with Crippen LogP contribution in [0.3, 0.4) is 0 Å². The van der Waals surface area contributed by atoms with E-state index >= 15 is 0 Å². The van der Waals surface area contributed by atoms with Gasteiger partial charge >= 0.3 is 0 Å². The van der Waals surface area contributed by atoms with E-state index in [0.29, 0.717) is 10.5 Å². The van der Waals surface area contributed by atoms with E-state index in [4.69, 9.17) is 21.6 Å². The molecule has 0 radical (unpaired) electrons. The Kier molecular flexibility index (Phi) is 6.94. The van der Waals surface area contributed by atoms with Crippen LogP contribution in [0.1, 0.15) is 11.6 Å². The molecular weight excluding hydrogens is 478 g/mol. The maximum atomic E-state index is 13.6. The molecule has 3 aromatic rings. The van der Waals surface area contributed by atoms with Crippen molar-refractivity contribution < 1.29 is 28.8 Å². The van der Waals surface area contributed by atoms with Gasteiger partial charge in [-0.25, -0.2) is 13.5 Å². The van der Waals surface area contributed by atoms with Crippen molar-refractivity contribution in [2.24, 2.45) is 0 Å². The molecule has 33 heavy (non-hydrogen) atoms. The Bertz CT molecular complexity index is 1210. The second kappa shape index (κ2) is 9.72. The molecule has 2 heterocycles. The van der Waals surface area contributed by atoms with Crippen LogP contribution in [0.2, 0.25) is 5.02 Å². The van der Waals surface area contributed by atoms with Gasteiger partial charge in [-0.2, -0.15) is 5.26 Å². The number of aromatic nitrogens is 3. The molecule has 4 rings (SSSR count). The Morgan fingerprint density at radius 2 is 1.94 bits per heavy atom. The SMILES string of the molecule is N#Cc1ccc(S[C@H]2OC(CO)[C@H](O)C(n3cc(-c4ccc(F)c(F)c4)nn3)[C@@H]2O)cc1Cl. The number of nitriles is 1. The fraction of sp³-hybridized carbons (Fsp3) is 0.286. The fourth-order valence-electron chi connectivity index (χ4n) is 3.48. The summed E-state index contributed by atoms with van der Waals surface area (Å²) in [7, 11) is 0. The number of benzene rings is 2. The highest BCUT2D eigenvalue weighted by molar-refractivity contribution is 7.99. The molecule has 0 saturated carbocycles. The minimum Gasteiger partial charge on any atom is -0.394 e. The lowest BCUT2D eigenvalue weighted by Crippen LogP contribution is -2.55. The van der Waals surface area contributed by atoms with Crippen molar-refractivity contribution in [3.8, 4) is 17.3 Å². The van der Waals surface area contributed by atoms with Crippen LogP contribution in [0, 0.1) is 23.0 Å². The monoisotopic (exact) mass is 494 g/mol. The summed E-state index contributed by atoms with van der Waals surface area (Å²) in [4.78, 5) is 0.593. The highest BCUT2D eigenvalue weighted by Crippen LogP contribution is 2.39. The van der Waals surface area contributed by atoms with Crippen LogP contribution in [0.25, 0.3) is 11.3 Å². The van der Waals surface area contributed by atoms with Crippen molar-refractivity contribution in [2.75, 3.05) is 6.61 Å². The van der Waals surface area contributed by atoms with Crippen molar-refractivity contribution in [2.45, 2.75) is 34.7 Å². The molecule has 1 aliphatic rings. The first-order valence-corrected chi connectivity index (χ1v) is 10.9. The lowest BCUT2D eigenvalue weighted by Gasteiger charge is -2.41. The highest BCUT2D eigenvalue weighted by atomic mass is 35.5. The molecule has 3 N–H and O–H groups in total. The minimum atomic E-state index is -1.34. The van der Waals surface area contributed by atoms with Crippen LogP contribution in [-0.4, -0.2) is 60.7 Å². The summed E-state index contributed by atoms with van der Waals surface area (Å²) in [6.45, 7) is -0.527. The van der Waals surface area contributed by atoms with E-state index in [-0.39, 0.29) is 16.3 Å². The number of nitrogens with zero attached hydrogens (tertiary/aromatic N) is 4. The Balaban J connectivity index is 1.62. The molecule has 0 amide bonds. The zero-order valence-electron chi connectivity index (χ0n) is 16.7. The molecule has 172 valence electrons. The predicted octanol–water partition coefficient (Wildman–Crippen LogP) is 2.52. The van der Waals surface area contributed by atoms with Gasteiger partial charge < -0.3 is 20.1 Å². The van der Waals surface area contributed by atoms with Crippen LogP contribution in [0.5, 0.6) is 0 Å². The first-order chi connectivity index (χ1) is 15.8. The maximum absolute atomic E-state index is 13.6. The number of ether oxygens (including phenoxy) is 1. The number of thioether (sulfide) groups is 1. The summed E-state index contributed by atoms with van der Waals surface area (Å²) >= 11 is 7.17. The van der Waals surface area contributed by atoms with Gasteiger partial charge in [-0.15, -0.1) is 5.10 Å². The third-order valence-corrected chi connectivity index (χ3v) is 6.65. The third-order valence-electron chi connectivity index (χ3n) is 5.19. The molecule has 5 atom stereocenters. The summed E-state index contributed by atoms with van der Waals surface area (Å²) in [5.74, 6) is -2.05. The molecule has 1 saturated heterocycles. The molecule has 12 heteroatoms. The molecule has 1 aromatic heterocycles. The van der Waals surface area contributed by atoms with Gasteiger partial charge in [0.15, 0.2) is 11.6 Å². The van der Waals surface area contributed by atoms with Gasteiger partial charge in [0, 0.05) is 10.5 Å². The molecule has 1 aliphatic heterocycles. The third kappa shape index (κ3) is 4.72. The second-order valence-electron chi connectivity index (χ2n) is 7.28. The fourth-order valence-corrected chi connectivity index (χ4v) is 4.87. The van der Waals surface area contributed by atoms with Gasteiger partial charge in [-0.3, -0.25) is 0 Å². The van der Waals surface area contributed by atoms with Crippen molar-refractivity contribution in [3.05, 3.63) is 64.8 Å². The summed E-state index contributed by atoms with van der Waals surface area (Å²) in [6.07, 6.45) is -2.31. The normalized spacial score (nSPS) is 25.1. The Hall–Kier alpha value is -2.59. The predicted molar refractivity (Wildman–Crippen MR) is 114 cm³/mol. The average Bonchev–Trinajstić information content (AvgIpc) is 3.27. The van der Waals surface area contributed by atoms with E-state index in [2.05, 4.69) is 10.3 Å².